The molecule has 3 aromatic rings. The van der Waals surface area contributed by atoms with Crippen LogP contribution in [0.3, 0.4) is 0 Å². The molecule has 2 aromatic heterocycles. The van der Waals surface area contributed by atoms with Crippen molar-refractivity contribution in [3.63, 3.8) is 0 Å². The Hall–Kier alpha value is -2.70. The van der Waals surface area contributed by atoms with E-state index in [1.807, 2.05) is 10.6 Å². The van der Waals surface area contributed by atoms with E-state index in [1.54, 1.807) is 12.1 Å². The summed E-state index contributed by atoms with van der Waals surface area (Å²) in [4.78, 5) is 20.0. The third kappa shape index (κ3) is 2.37. The van der Waals surface area contributed by atoms with Crippen LogP contribution in [0.5, 0.6) is 0 Å². The Morgan fingerprint density at radius 2 is 2.29 bits per heavy atom. The molecule has 0 unspecified atom stereocenters. The Balaban J connectivity index is 2.21. The summed E-state index contributed by atoms with van der Waals surface area (Å²) in [6.45, 7) is 2.39. The van der Waals surface area contributed by atoms with Crippen molar-refractivity contribution in [1.29, 1.82) is 0 Å². The van der Waals surface area contributed by atoms with E-state index in [0.717, 1.165) is 18.7 Å². The lowest BCUT2D eigenvalue weighted by atomic mass is 10.2. The van der Waals surface area contributed by atoms with Crippen molar-refractivity contribution in [3.05, 3.63) is 41.8 Å². The average molecular weight is 286 g/mol. The number of carbonyl (C=O) groups is 1. The van der Waals surface area contributed by atoms with E-state index in [1.165, 1.54) is 6.39 Å². The van der Waals surface area contributed by atoms with Crippen LogP contribution < -0.4 is 0 Å². The number of aromatic nitrogens is 4. The quantitative estimate of drug-likeness (QED) is 0.772. The predicted molar refractivity (Wildman–Crippen MR) is 74.1 cm³/mol. The van der Waals surface area contributed by atoms with E-state index < -0.39 is 5.97 Å². The molecule has 108 valence electrons. The van der Waals surface area contributed by atoms with E-state index in [2.05, 4.69) is 22.0 Å². The number of hydrogen-bond donors (Lipinski definition) is 1. The summed E-state index contributed by atoms with van der Waals surface area (Å²) in [7, 11) is 0. The van der Waals surface area contributed by atoms with Crippen molar-refractivity contribution < 1.29 is 14.4 Å². The van der Waals surface area contributed by atoms with Gasteiger partial charge in [0.05, 0.1) is 23.1 Å². The number of para-hydroxylation sites is 1. The summed E-state index contributed by atoms with van der Waals surface area (Å²) in [5.74, 6) is 0.343. The molecular formula is C14H14N4O3. The molecule has 0 saturated carbocycles. The molecule has 0 amide bonds. The monoisotopic (exact) mass is 286 g/mol. The fourth-order valence-electron chi connectivity index (χ4n) is 2.39. The highest BCUT2D eigenvalue weighted by Crippen LogP contribution is 2.22. The molecule has 0 aliphatic heterocycles. The maximum atomic E-state index is 11.4. The van der Waals surface area contributed by atoms with Crippen molar-refractivity contribution in [1.82, 2.24) is 19.7 Å². The molecule has 0 fully saturated rings. The summed E-state index contributed by atoms with van der Waals surface area (Å²) in [5.41, 5.74) is 1.49. The van der Waals surface area contributed by atoms with Crippen LogP contribution in [0.15, 0.2) is 29.1 Å². The summed E-state index contributed by atoms with van der Waals surface area (Å²) >= 11 is 0. The number of fused-ring (bicyclic) bond motifs is 1. The molecule has 21 heavy (non-hydrogen) atoms. The second kappa shape index (κ2) is 5.35. The minimum Gasteiger partial charge on any atom is -0.478 e. The number of imidazole rings is 1. The molecule has 0 radical (unpaired) electrons. The number of aromatic carboxylic acids is 1. The van der Waals surface area contributed by atoms with E-state index in [4.69, 9.17) is 4.52 Å². The fraction of sp³-hybridized carbons (Fsp3) is 0.286. The molecule has 0 bridgehead atoms. The first-order chi connectivity index (χ1) is 10.2. The lowest BCUT2D eigenvalue weighted by molar-refractivity contribution is 0.0698. The van der Waals surface area contributed by atoms with E-state index in [0.29, 0.717) is 23.4 Å². The molecule has 2 heterocycles. The minimum atomic E-state index is -0.974. The normalized spacial score (nSPS) is 11.1. The van der Waals surface area contributed by atoms with Crippen LogP contribution in [0.25, 0.3) is 11.0 Å². The zero-order valence-corrected chi connectivity index (χ0v) is 11.5. The molecule has 0 aliphatic rings. The van der Waals surface area contributed by atoms with Gasteiger partial charge < -0.3 is 14.2 Å². The van der Waals surface area contributed by atoms with Crippen LogP contribution >= 0.6 is 0 Å². The zero-order chi connectivity index (χ0) is 14.8. The van der Waals surface area contributed by atoms with Crippen LogP contribution in [0.4, 0.5) is 0 Å². The zero-order valence-electron chi connectivity index (χ0n) is 11.5. The van der Waals surface area contributed by atoms with Crippen molar-refractivity contribution in [2.75, 3.05) is 0 Å². The minimum absolute atomic E-state index is 0.228. The average Bonchev–Trinajstić information content (AvgIpc) is 3.08. The Bertz CT molecular complexity index is 777. The van der Waals surface area contributed by atoms with Gasteiger partial charge >= 0.3 is 5.97 Å². The molecule has 7 heteroatoms. The van der Waals surface area contributed by atoms with Gasteiger partial charge in [-0.3, -0.25) is 0 Å². The number of carboxylic acid groups (broad SMARTS) is 1. The number of hydrogen-bond acceptors (Lipinski definition) is 5. The van der Waals surface area contributed by atoms with Crippen molar-refractivity contribution in [2.24, 2.45) is 0 Å². The number of benzene rings is 1. The first-order valence-electron chi connectivity index (χ1n) is 6.67. The predicted octanol–water partition coefficient (Wildman–Crippen LogP) is 2.12. The van der Waals surface area contributed by atoms with Gasteiger partial charge in [0, 0.05) is 6.42 Å². The third-order valence-electron chi connectivity index (χ3n) is 3.26. The van der Waals surface area contributed by atoms with Crippen LogP contribution in [0.2, 0.25) is 0 Å². The number of aryl methyl sites for hydroxylation is 1. The molecule has 0 spiro atoms. The van der Waals surface area contributed by atoms with Gasteiger partial charge in [-0.2, -0.15) is 4.98 Å². The molecular weight excluding hydrogens is 272 g/mol. The third-order valence-corrected chi connectivity index (χ3v) is 3.26. The molecule has 0 saturated heterocycles. The number of rotatable bonds is 5. The van der Waals surface area contributed by atoms with E-state index in [-0.39, 0.29) is 5.56 Å². The van der Waals surface area contributed by atoms with Gasteiger partial charge in [-0.1, -0.05) is 18.1 Å². The standard InChI is InChI=1S/C14H14N4O3/c1-2-4-12-16-10-6-3-5-9(14(19)20)13(10)18(12)7-11-15-8-21-17-11/h3,5-6,8H,2,4,7H2,1H3,(H,19,20). The first kappa shape index (κ1) is 13.3. The number of carboxylic acids is 1. The van der Waals surface area contributed by atoms with Gasteiger partial charge in [0.1, 0.15) is 5.82 Å². The first-order valence-corrected chi connectivity index (χ1v) is 6.67. The summed E-state index contributed by atoms with van der Waals surface area (Å²) in [5, 5.41) is 13.2. The highest BCUT2D eigenvalue weighted by Gasteiger charge is 2.18. The number of nitrogens with zero attached hydrogens (tertiary/aromatic N) is 4. The Kier molecular flexibility index (Phi) is 3.39. The second-order valence-electron chi connectivity index (χ2n) is 4.69. The van der Waals surface area contributed by atoms with Gasteiger partial charge in [-0.05, 0) is 18.6 Å². The van der Waals surface area contributed by atoms with Gasteiger partial charge in [-0.15, -0.1) is 0 Å². The lowest BCUT2D eigenvalue weighted by Crippen LogP contribution is -2.09. The lowest BCUT2D eigenvalue weighted by Gasteiger charge is -2.07. The fourth-order valence-corrected chi connectivity index (χ4v) is 2.39. The molecule has 1 aromatic carbocycles. The van der Waals surface area contributed by atoms with E-state index in [9.17, 15) is 9.90 Å². The molecule has 7 nitrogen and oxygen atoms in total. The summed E-state index contributed by atoms with van der Waals surface area (Å²) < 4.78 is 6.60. The SMILES string of the molecule is CCCc1nc2cccc(C(=O)O)c2n1Cc1ncon1. The Morgan fingerprint density at radius 1 is 1.43 bits per heavy atom. The highest BCUT2D eigenvalue weighted by atomic mass is 16.5. The van der Waals surface area contributed by atoms with Crippen LogP contribution in [-0.2, 0) is 13.0 Å². The summed E-state index contributed by atoms with van der Waals surface area (Å²) in [6, 6.07) is 5.09. The van der Waals surface area contributed by atoms with Crippen LogP contribution in [-0.4, -0.2) is 30.8 Å². The Morgan fingerprint density at radius 3 is 2.95 bits per heavy atom. The van der Waals surface area contributed by atoms with Crippen molar-refractivity contribution in [3.8, 4) is 0 Å². The maximum Gasteiger partial charge on any atom is 0.337 e. The topological polar surface area (TPSA) is 94.0 Å². The van der Waals surface area contributed by atoms with Crippen molar-refractivity contribution in [2.45, 2.75) is 26.3 Å². The largest absolute Gasteiger partial charge is 0.478 e. The van der Waals surface area contributed by atoms with Crippen LogP contribution in [0, 0.1) is 0 Å². The van der Waals surface area contributed by atoms with E-state index >= 15 is 0 Å². The highest BCUT2D eigenvalue weighted by molar-refractivity contribution is 6.01. The maximum absolute atomic E-state index is 11.4. The Labute approximate surface area is 120 Å². The van der Waals surface area contributed by atoms with Gasteiger partial charge in [0.25, 0.3) is 0 Å². The smallest absolute Gasteiger partial charge is 0.337 e. The van der Waals surface area contributed by atoms with Gasteiger partial charge in [0.15, 0.2) is 5.82 Å². The second-order valence-corrected chi connectivity index (χ2v) is 4.69. The molecule has 1 N–H and O–H groups in total. The van der Waals surface area contributed by atoms with Gasteiger partial charge in [0.2, 0.25) is 6.39 Å². The van der Waals surface area contributed by atoms with Crippen LogP contribution in [0.1, 0.15) is 35.4 Å². The summed E-state index contributed by atoms with van der Waals surface area (Å²) in [6.07, 6.45) is 2.93. The van der Waals surface area contributed by atoms with Crippen molar-refractivity contribution >= 4 is 17.0 Å². The van der Waals surface area contributed by atoms with Gasteiger partial charge in [-0.25, -0.2) is 9.78 Å². The molecule has 0 atom stereocenters. The molecule has 0 aliphatic carbocycles. The molecule has 3 rings (SSSR count).